The maximum Gasteiger partial charge on any atom is 0.133 e. The zero-order valence-corrected chi connectivity index (χ0v) is 11.5. The second kappa shape index (κ2) is 4.30. The number of allylic oxidation sites excluding steroid dienone is 2. The fraction of sp³-hybridized carbons (Fsp3) is 0.400. The first-order chi connectivity index (χ1) is 9.04. The SMILES string of the molecule is CC(C)(C)c1ncc(C2=NC3C=CC=CC3N2)cn1. The van der Waals surface area contributed by atoms with Gasteiger partial charge in [-0.1, -0.05) is 45.1 Å². The van der Waals surface area contributed by atoms with Crippen molar-refractivity contribution in [1.29, 1.82) is 0 Å². The zero-order valence-electron chi connectivity index (χ0n) is 11.5. The molecule has 3 rings (SSSR count). The lowest BCUT2D eigenvalue weighted by atomic mass is 9.96. The molecule has 0 bridgehead atoms. The van der Waals surface area contributed by atoms with E-state index in [1.54, 1.807) is 0 Å². The van der Waals surface area contributed by atoms with E-state index in [-0.39, 0.29) is 17.5 Å². The third-order valence-electron chi connectivity index (χ3n) is 3.28. The summed E-state index contributed by atoms with van der Waals surface area (Å²) in [4.78, 5) is 13.5. The smallest absolute Gasteiger partial charge is 0.133 e. The number of rotatable bonds is 1. The van der Waals surface area contributed by atoms with Gasteiger partial charge in [0, 0.05) is 17.8 Å². The van der Waals surface area contributed by atoms with Crippen LogP contribution in [0.15, 0.2) is 41.7 Å². The molecule has 0 radical (unpaired) electrons. The molecule has 1 aliphatic carbocycles. The monoisotopic (exact) mass is 254 g/mol. The van der Waals surface area contributed by atoms with E-state index in [0.717, 1.165) is 17.2 Å². The standard InChI is InChI=1S/C15H18N4/c1-15(2,3)14-16-8-10(9-17-14)13-18-11-6-4-5-7-12(11)19-13/h4-9,11-12H,1-3H3,(H,18,19). The van der Waals surface area contributed by atoms with Crippen LogP contribution in [0.4, 0.5) is 0 Å². The number of nitrogens with one attached hydrogen (secondary N) is 1. The number of amidine groups is 1. The van der Waals surface area contributed by atoms with Crippen LogP contribution in [0.2, 0.25) is 0 Å². The Balaban J connectivity index is 1.84. The largest absolute Gasteiger partial charge is 0.361 e. The summed E-state index contributed by atoms with van der Waals surface area (Å²) in [7, 11) is 0. The van der Waals surface area contributed by atoms with Gasteiger partial charge in [0.15, 0.2) is 0 Å². The Morgan fingerprint density at radius 3 is 2.37 bits per heavy atom. The summed E-state index contributed by atoms with van der Waals surface area (Å²) in [6.07, 6.45) is 12.0. The van der Waals surface area contributed by atoms with Crippen molar-refractivity contribution < 1.29 is 0 Å². The molecule has 2 atom stereocenters. The van der Waals surface area contributed by atoms with Gasteiger partial charge < -0.3 is 5.32 Å². The summed E-state index contributed by atoms with van der Waals surface area (Å²) in [5.74, 6) is 1.73. The predicted octanol–water partition coefficient (Wildman–Crippen LogP) is 1.99. The van der Waals surface area contributed by atoms with Gasteiger partial charge in [0.05, 0.1) is 17.6 Å². The van der Waals surface area contributed by atoms with E-state index in [9.17, 15) is 0 Å². The lowest BCUT2D eigenvalue weighted by Crippen LogP contribution is -2.33. The van der Waals surface area contributed by atoms with Crippen LogP contribution in [0.3, 0.4) is 0 Å². The minimum Gasteiger partial charge on any atom is -0.361 e. The summed E-state index contributed by atoms with van der Waals surface area (Å²) in [6, 6.07) is 0.463. The number of aliphatic imine (C=N–C) groups is 1. The molecule has 0 saturated heterocycles. The van der Waals surface area contributed by atoms with Gasteiger partial charge in [-0.3, -0.25) is 4.99 Å². The number of aromatic nitrogens is 2. The van der Waals surface area contributed by atoms with E-state index in [1.807, 2.05) is 24.5 Å². The first-order valence-corrected chi connectivity index (χ1v) is 6.56. The molecular weight excluding hydrogens is 236 g/mol. The van der Waals surface area contributed by atoms with Crippen LogP contribution >= 0.6 is 0 Å². The number of fused-ring (bicyclic) bond motifs is 1. The highest BCUT2D eigenvalue weighted by atomic mass is 15.1. The van der Waals surface area contributed by atoms with Crippen LogP contribution in [0, 0.1) is 0 Å². The maximum atomic E-state index is 4.66. The first-order valence-electron chi connectivity index (χ1n) is 6.56. The molecule has 1 N–H and O–H groups in total. The molecule has 2 unspecified atom stereocenters. The average molecular weight is 254 g/mol. The van der Waals surface area contributed by atoms with Crippen molar-refractivity contribution in [1.82, 2.24) is 15.3 Å². The van der Waals surface area contributed by atoms with Crippen LogP contribution in [-0.4, -0.2) is 27.9 Å². The molecule has 4 nitrogen and oxygen atoms in total. The van der Waals surface area contributed by atoms with Gasteiger partial charge >= 0.3 is 0 Å². The van der Waals surface area contributed by atoms with Crippen molar-refractivity contribution in [2.45, 2.75) is 38.3 Å². The lowest BCUT2D eigenvalue weighted by Gasteiger charge is -2.16. The first kappa shape index (κ1) is 12.1. The van der Waals surface area contributed by atoms with Crippen molar-refractivity contribution in [3.8, 4) is 0 Å². The molecule has 4 heteroatoms. The van der Waals surface area contributed by atoms with Gasteiger partial charge in [-0.25, -0.2) is 9.97 Å². The molecule has 0 amide bonds. The Hall–Kier alpha value is -1.97. The molecular formula is C15H18N4. The van der Waals surface area contributed by atoms with E-state index in [1.165, 1.54) is 0 Å². The molecule has 0 aromatic carbocycles. The van der Waals surface area contributed by atoms with Gasteiger partial charge in [0.1, 0.15) is 11.7 Å². The third-order valence-corrected chi connectivity index (χ3v) is 3.28. The van der Waals surface area contributed by atoms with Crippen LogP contribution in [0.1, 0.15) is 32.2 Å². The van der Waals surface area contributed by atoms with Crippen LogP contribution in [0.5, 0.6) is 0 Å². The molecule has 2 aliphatic rings. The second-order valence-corrected chi connectivity index (χ2v) is 5.95. The van der Waals surface area contributed by atoms with Crippen LogP contribution < -0.4 is 5.32 Å². The summed E-state index contributed by atoms with van der Waals surface area (Å²) >= 11 is 0. The van der Waals surface area contributed by atoms with E-state index in [2.05, 4.69) is 53.2 Å². The van der Waals surface area contributed by atoms with Crippen LogP contribution in [-0.2, 0) is 5.41 Å². The highest BCUT2D eigenvalue weighted by molar-refractivity contribution is 6.00. The van der Waals surface area contributed by atoms with Crippen molar-refractivity contribution in [2.75, 3.05) is 0 Å². The lowest BCUT2D eigenvalue weighted by molar-refractivity contribution is 0.545. The molecule has 19 heavy (non-hydrogen) atoms. The van der Waals surface area contributed by atoms with Crippen molar-refractivity contribution >= 4 is 5.84 Å². The zero-order chi connectivity index (χ0) is 13.5. The average Bonchev–Trinajstić information content (AvgIpc) is 2.81. The second-order valence-electron chi connectivity index (χ2n) is 5.95. The maximum absolute atomic E-state index is 4.66. The summed E-state index contributed by atoms with van der Waals surface area (Å²) in [5, 5.41) is 3.40. The van der Waals surface area contributed by atoms with E-state index < -0.39 is 0 Å². The van der Waals surface area contributed by atoms with Gasteiger partial charge in [-0.2, -0.15) is 0 Å². The topological polar surface area (TPSA) is 50.2 Å². The summed E-state index contributed by atoms with van der Waals surface area (Å²) < 4.78 is 0. The Labute approximate surface area is 113 Å². The quantitative estimate of drug-likeness (QED) is 0.833. The Bertz CT molecular complexity index is 561. The molecule has 98 valence electrons. The van der Waals surface area contributed by atoms with Crippen molar-refractivity contribution in [3.63, 3.8) is 0 Å². The highest BCUT2D eigenvalue weighted by Crippen LogP contribution is 2.19. The molecule has 2 heterocycles. The van der Waals surface area contributed by atoms with E-state index in [0.29, 0.717) is 0 Å². The van der Waals surface area contributed by atoms with E-state index >= 15 is 0 Å². The van der Waals surface area contributed by atoms with E-state index in [4.69, 9.17) is 0 Å². The molecule has 1 aromatic heterocycles. The van der Waals surface area contributed by atoms with Crippen LogP contribution in [0.25, 0.3) is 0 Å². The van der Waals surface area contributed by atoms with Gasteiger partial charge in [0.25, 0.3) is 0 Å². The summed E-state index contributed by atoms with van der Waals surface area (Å²) in [6.45, 7) is 6.33. The Morgan fingerprint density at radius 1 is 1.05 bits per heavy atom. The predicted molar refractivity (Wildman–Crippen MR) is 76.3 cm³/mol. The van der Waals surface area contributed by atoms with Gasteiger partial charge in [-0.05, 0) is 0 Å². The van der Waals surface area contributed by atoms with Crippen molar-refractivity contribution in [2.24, 2.45) is 4.99 Å². The van der Waals surface area contributed by atoms with Crippen molar-refractivity contribution in [3.05, 3.63) is 48.1 Å². The normalized spacial score (nSPS) is 24.9. The number of hydrogen-bond acceptors (Lipinski definition) is 4. The van der Waals surface area contributed by atoms with Gasteiger partial charge in [-0.15, -0.1) is 0 Å². The Morgan fingerprint density at radius 2 is 1.74 bits per heavy atom. The number of hydrogen-bond donors (Lipinski definition) is 1. The minimum absolute atomic E-state index is 0.0249. The summed E-state index contributed by atoms with van der Waals surface area (Å²) in [5.41, 5.74) is 0.923. The Kier molecular flexibility index (Phi) is 2.73. The number of nitrogens with zero attached hydrogens (tertiary/aromatic N) is 3. The molecule has 0 fully saturated rings. The third kappa shape index (κ3) is 2.30. The minimum atomic E-state index is -0.0249. The fourth-order valence-corrected chi connectivity index (χ4v) is 2.19. The highest BCUT2D eigenvalue weighted by Gasteiger charge is 2.27. The fourth-order valence-electron chi connectivity index (χ4n) is 2.19. The molecule has 1 aromatic rings. The molecule has 0 spiro atoms. The van der Waals surface area contributed by atoms with Gasteiger partial charge in [0.2, 0.25) is 0 Å². The molecule has 1 aliphatic heterocycles. The molecule has 0 saturated carbocycles.